The Bertz CT molecular complexity index is 582. The molecule has 20 heavy (non-hydrogen) atoms. The van der Waals surface area contributed by atoms with Crippen molar-refractivity contribution in [2.45, 2.75) is 30.5 Å². The summed E-state index contributed by atoms with van der Waals surface area (Å²) < 4.78 is 5.18. The number of thioether (sulfide) groups is 1. The topological polar surface area (TPSA) is 68.3 Å². The number of anilines is 1. The van der Waals surface area contributed by atoms with Gasteiger partial charge in [-0.25, -0.2) is 0 Å². The molecule has 5 heteroatoms. The SMILES string of the molecule is Cc1cc(SC(C)C(=O)NCc2ccco2)ccc1N. The van der Waals surface area contributed by atoms with E-state index >= 15 is 0 Å². The second-order valence-electron chi connectivity index (χ2n) is 4.58. The van der Waals surface area contributed by atoms with Gasteiger partial charge in [0.25, 0.3) is 0 Å². The van der Waals surface area contributed by atoms with E-state index in [2.05, 4.69) is 5.32 Å². The third-order valence-corrected chi connectivity index (χ3v) is 4.03. The summed E-state index contributed by atoms with van der Waals surface area (Å²) in [5.74, 6) is 0.736. The van der Waals surface area contributed by atoms with Gasteiger partial charge < -0.3 is 15.5 Å². The molecule has 0 saturated carbocycles. The van der Waals surface area contributed by atoms with Crippen molar-refractivity contribution >= 4 is 23.4 Å². The summed E-state index contributed by atoms with van der Waals surface area (Å²) in [7, 11) is 0. The van der Waals surface area contributed by atoms with E-state index in [0.717, 1.165) is 21.9 Å². The fourth-order valence-electron chi connectivity index (χ4n) is 1.71. The quantitative estimate of drug-likeness (QED) is 0.656. The van der Waals surface area contributed by atoms with Crippen molar-refractivity contribution in [3.05, 3.63) is 47.9 Å². The number of amides is 1. The van der Waals surface area contributed by atoms with Crippen LogP contribution < -0.4 is 11.1 Å². The number of carbonyl (C=O) groups is 1. The molecule has 4 nitrogen and oxygen atoms in total. The maximum absolute atomic E-state index is 12.0. The Morgan fingerprint density at radius 3 is 2.90 bits per heavy atom. The van der Waals surface area contributed by atoms with E-state index in [1.54, 1.807) is 12.3 Å². The Hall–Kier alpha value is -1.88. The fraction of sp³-hybridized carbons (Fsp3) is 0.267. The Balaban J connectivity index is 1.88. The maximum atomic E-state index is 12.0. The van der Waals surface area contributed by atoms with Crippen LogP contribution in [0.5, 0.6) is 0 Å². The number of benzene rings is 1. The van der Waals surface area contributed by atoms with Crippen molar-refractivity contribution < 1.29 is 9.21 Å². The molecule has 2 rings (SSSR count). The molecule has 1 atom stereocenters. The molecular formula is C15H18N2O2S. The van der Waals surface area contributed by atoms with Gasteiger partial charge in [-0.3, -0.25) is 4.79 Å². The average Bonchev–Trinajstić information content (AvgIpc) is 2.93. The number of nitrogen functional groups attached to an aromatic ring is 1. The van der Waals surface area contributed by atoms with Crippen LogP contribution in [0, 0.1) is 6.92 Å². The van der Waals surface area contributed by atoms with Crippen LogP contribution >= 0.6 is 11.8 Å². The van der Waals surface area contributed by atoms with Crippen molar-refractivity contribution in [3.63, 3.8) is 0 Å². The average molecular weight is 290 g/mol. The monoisotopic (exact) mass is 290 g/mol. The van der Waals surface area contributed by atoms with E-state index in [9.17, 15) is 4.79 Å². The second kappa shape index (κ2) is 6.52. The first-order valence-electron chi connectivity index (χ1n) is 6.39. The highest BCUT2D eigenvalue weighted by Gasteiger charge is 2.14. The van der Waals surface area contributed by atoms with Crippen LogP contribution in [0.2, 0.25) is 0 Å². The lowest BCUT2D eigenvalue weighted by atomic mass is 10.2. The highest BCUT2D eigenvalue weighted by molar-refractivity contribution is 8.00. The summed E-state index contributed by atoms with van der Waals surface area (Å²) in [6, 6.07) is 9.43. The Labute approximate surface area is 122 Å². The molecule has 0 aliphatic rings. The second-order valence-corrected chi connectivity index (χ2v) is 5.99. The Morgan fingerprint density at radius 2 is 2.25 bits per heavy atom. The van der Waals surface area contributed by atoms with Gasteiger partial charge in [0.05, 0.1) is 18.1 Å². The minimum atomic E-state index is -0.173. The van der Waals surface area contributed by atoms with Crippen LogP contribution in [0.15, 0.2) is 45.9 Å². The van der Waals surface area contributed by atoms with Crippen molar-refractivity contribution in [2.75, 3.05) is 5.73 Å². The molecule has 0 radical (unpaired) electrons. The molecule has 2 aromatic rings. The number of nitrogens with one attached hydrogen (secondary N) is 1. The Morgan fingerprint density at radius 1 is 1.45 bits per heavy atom. The first-order valence-corrected chi connectivity index (χ1v) is 7.27. The maximum Gasteiger partial charge on any atom is 0.233 e. The van der Waals surface area contributed by atoms with Gasteiger partial charge in [0.2, 0.25) is 5.91 Å². The van der Waals surface area contributed by atoms with E-state index in [-0.39, 0.29) is 11.2 Å². The lowest BCUT2D eigenvalue weighted by molar-refractivity contribution is -0.120. The van der Waals surface area contributed by atoms with Gasteiger partial charge in [0, 0.05) is 10.6 Å². The molecule has 1 unspecified atom stereocenters. The third kappa shape index (κ3) is 3.81. The van der Waals surface area contributed by atoms with Gasteiger partial charge in [-0.2, -0.15) is 0 Å². The van der Waals surface area contributed by atoms with Gasteiger partial charge in [-0.05, 0) is 49.7 Å². The summed E-state index contributed by atoms with van der Waals surface area (Å²) in [6.45, 7) is 4.26. The number of furan rings is 1. The van der Waals surface area contributed by atoms with Crippen molar-refractivity contribution in [2.24, 2.45) is 0 Å². The zero-order valence-corrected chi connectivity index (χ0v) is 12.4. The zero-order chi connectivity index (χ0) is 14.5. The van der Waals surface area contributed by atoms with E-state index < -0.39 is 0 Å². The molecule has 0 saturated heterocycles. The molecule has 0 aliphatic heterocycles. The largest absolute Gasteiger partial charge is 0.467 e. The minimum absolute atomic E-state index is 0.0131. The molecule has 106 valence electrons. The molecule has 1 heterocycles. The van der Waals surface area contributed by atoms with E-state index in [1.807, 2.05) is 38.1 Å². The summed E-state index contributed by atoms with van der Waals surface area (Å²) >= 11 is 1.51. The van der Waals surface area contributed by atoms with Gasteiger partial charge >= 0.3 is 0 Å². The lowest BCUT2D eigenvalue weighted by Crippen LogP contribution is -2.30. The molecule has 1 amide bonds. The minimum Gasteiger partial charge on any atom is -0.467 e. The normalized spacial score (nSPS) is 12.1. The molecule has 0 fully saturated rings. The number of rotatable bonds is 5. The van der Waals surface area contributed by atoms with Crippen molar-refractivity contribution in [1.29, 1.82) is 0 Å². The fourth-order valence-corrected chi connectivity index (χ4v) is 2.70. The summed E-state index contributed by atoms with van der Waals surface area (Å²) in [5.41, 5.74) is 7.58. The summed E-state index contributed by atoms with van der Waals surface area (Å²) in [6.07, 6.45) is 1.59. The molecule has 1 aromatic carbocycles. The summed E-state index contributed by atoms with van der Waals surface area (Å²) in [5, 5.41) is 2.68. The first-order chi connectivity index (χ1) is 9.56. The Kier molecular flexibility index (Phi) is 4.74. The lowest BCUT2D eigenvalue weighted by Gasteiger charge is -2.12. The number of nitrogens with two attached hydrogens (primary N) is 1. The molecule has 0 bridgehead atoms. The van der Waals surface area contributed by atoms with Gasteiger partial charge in [-0.15, -0.1) is 11.8 Å². The van der Waals surface area contributed by atoms with Gasteiger partial charge in [-0.1, -0.05) is 0 Å². The molecule has 3 N–H and O–H groups in total. The molecule has 0 aliphatic carbocycles. The van der Waals surface area contributed by atoms with Crippen LogP contribution in [-0.4, -0.2) is 11.2 Å². The number of hydrogen-bond donors (Lipinski definition) is 2. The smallest absolute Gasteiger partial charge is 0.233 e. The highest BCUT2D eigenvalue weighted by atomic mass is 32.2. The van der Waals surface area contributed by atoms with Gasteiger partial charge in [0.15, 0.2) is 0 Å². The first kappa shape index (κ1) is 14.5. The van der Waals surface area contributed by atoms with Crippen LogP contribution in [0.1, 0.15) is 18.2 Å². The van der Waals surface area contributed by atoms with Crippen LogP contribution in [0.25, 0.3) is 0 Å². The van der Waals surface area contributed by atoms with E-state index in [0.29, 0.717) is 6.54 Å². The van der Waals surface area contributed by atoms with Gasteiger partial charge in [0.1, 0.15) is 5.76 Å². The third-order valence-electron chi connectivity index (χ3n) is 2.94. The van der Waals surface area contributed by atoms with Crippen LogP contribution in [-0.2, 0) is 11.3 Å². The van der Waals surface area contributed by atoms with E-state index in [4.69, 9.17) is 10.2 Å². The predicted octanol–water partition coefficient (Wildman–Crippen LogP) is 2.97. The molecular weight excluding hydrogens is 272 g/mol. The predicted molar refractivity (Wildman–Crippen MR) is 81.5 cm³/mol. The number of hydrogen-bond acceptors (Lipinski definition) is 4. The number of aryl methyl sites for hydroxylation is 1. The standard InChI is InChI=1S/C15H18N2O2S/c1-10-8-13(5-6-14(10)16)20-11(2)15(18)17-9-12-4-3-7-19-12/h3-8,11H,9,16H2,1-2H3,(H,17,18). The summed E-state index contributed by atoms with van der Waals surface area (Å²) in [4.78, 5) is 13.0. The van der Waals surface area contributed by atoms with Crippen LogP contribution in [0.3, 0.4) is 0 Å². The molecule has 0 spiro atoms. The van der Waals surface area contributed by atoms with Crippen LogP contribution in [0.4, 0.5) is 5.69 Å². The number of carbonyl (C=O) groups excluding carboxylic acids is 1. The highest BCUT2D eigenvalue weighted by Crippen LogP contribution is 2.26. The zero-order valence-electron chi connectivity index (χ0n) is 11.6. The molecule has 1 aromatic heterocycles. The van der Waals surface area contributed by atoms with E-state index in [1.165, 1.54) is 11.8 Å². The van der Waals surface area contributed by atoms with Crippen molar-refractivity contribution in [3.8, 4) is 0 Å². The van der Waals surface area contributed by atoms with Crippen molar-refractivity contribution in [1.82, 2.24) is 5.32 Å².